The van der Waals surface area contributed by atoms with Crippen LogP contribution in [-0.4, -0.2) is 11.2 Å². The smallest absolute Gasteiger partial charge is 0.0540 e. The molecule has 0 aromatic rings. The molecule has 0 aliphatic rings. The van der Waals surface area contributed by atoms with E-state index in [0.717, 1.165) is 31.6 Å². The maximum atomic E-state index is 9.61. The van der Waals surface area contributed by atoms with Crippen LogP contribution < -0.4 is 0 Å². The standard InChI is InChI=1S/C18H36O/c1-4-6-10-14-17(3)15-11-8-7-9-12-16-18(19)13-5-2/h8,11,17-19H,4-7,9-10,12-16H2,1-3H3/b11-8+. The van der Waals surface area contributed by atoms with Gasteiger partial charge >= 0.3 is 0 Å². The molecule has 0 saturated heterocycles. The Hall–Kier alpha value is -0.300. The molecule has 0 amide bonds. The fraction of sp³-hybridized carbons (Fsp3) is 0.889. The molecule has 1 N–H and O–H groups in total. The summed E-state index contributed by atoms with van der Waals surface area (Å²) in [7, 11) is 0. The molecule has 114 valence electrons. The molecule has 2 atom stereocenters. The molecule has 0 radical (unpaired) electrons. The van der Waals surface area contributed by atoms with Gasteiger partial charge in [-0.05, 0) is 38.0 Å². The molecule has 0 heterocycles. The lowest BCUT2D eigenvalue weighted by molar-refractivity contribution is 0.150. The molecule has 0 aromatic heterocycles. The van der Waals surface area contributed by atoms with E-state index in [-0.39, 0.29) is 6.10 Å². The van der Waals surface area contributed by atoms with Crippen molar-refractivity contribution < 1.29 is 5.11 Å². The van der Waals surface area contributed by atoms with E-state index in [1.165, 1.54) is 44.9 Å². The molecule has 0 bridgehead atoms. The minimum atomic E-state index is -0.0624. The van der Waals surface area contributed by atoms with E-state index in [4.69, 9.17) is 0 Å². The highest BCUT2D eigenvalue weighted by Gasteiger charge is 2.01. The largest absolute Gasteiger partial charge is 0.393 e. The van der Waals surface area contributed by atoms with E-state index in [0.29, 0.717) is 0 Å². The first-order valence-corrected chi connectivity index (χ1v) is 8.53. The average Bonchev–Trinajstić information content (AvgIpc) is 2.38. The van der Waals surface area contributed by atoms with Crippen LogP contribution in [0.2, 0.25) is 0 Å². The van der Waals surface area contributed by atoms with Crippen LogP contribution in [0.25, 0.3) is 0 Å². The first-order chi connectivity index (χ1) is 9.20. The molecule has 1 nitrogen and oxygen atoms in total. The second kappa shape index (κ2) is 14.1. The minimum absolute atomic E-state index is 0.0624. The Morgan fingerprint density at radius 1 is 0.842 bits per heavy atom. The van der Waals surface area contributed by atoms with E-state index in [9.17, 15) is 5.11 Å². The fourth-order valence-corrected chi connectivity index (χ4v) is 2.43. The van der Waals surface area contributed by atoms with Gasteiger partial charge in [0.1, 0.15) is 0 Å². The van der Waals surface area contributed by atoms with Crippen molar-refractivity contribution in [1.82, 2.24) is 0 Å². The Labute approximate surface area is 121 Å². The van der Waals surface area contributed by atoms with Gasteiger partial charge in [0.2, 0.25) is 0 Å². The summed E-state index contributed by atoms with van der Waals surface area (Å²) in [6, 6.07) is 0. The van der Waals surface area contributed by atoms with Gasteiger partial charge in [0.15, 0.2) is 0 Å². The zero-order chi connectivity index (χ0) is 14.3. The summed E-state index contributed by atoms with van der Waals surface area (Å²) in [5.41, 5.74) is 0. The second-order valence-corrected chi connectivity index (χ2v) is 6.04. The number of rotatable bonds is 13. The van der Waals surface area contributed by atoms with Crippen LogP contribution in [0.1, 0.15) is 91.4 Å². The topological polar surface area (TPSA) is 20.2 Å². The summed E-state index contributed by atoms with van der Waals surface area (Å²) >= 11 is 0. The normalized spacial score (nSPS) is 14.9. The van der Waals surface area contributed by atoms with E-state index < -0.39 is 0 Å². The van der Waals surface area contributed by atoms with Crippen molar-refractivity contribution in [3.63, 3.8) is 0 Å². The predicted octanol–water partition coefficient (Wildman–Crippen LogP) is 5.87. The summed E-state index contributed by atoms with van der Waals surface area (Å²) in [5, 5.41) is 9.61. The predicted molar refractivity (Wildman–Crippen MR) is 86.4 cm³/mol. The monoisotopic (exact) mass is 268 g/mol. The lowest BCUT2D eigenvalue weighted by Gasteiger charge is -2.08. The van der Waals surface area contributed by atoms with E-state index in [1.54, 1.807) is 0 Å². The SMILES string of the molecule is CCCCCC(C)C/C=C/CCCCC(O)CCC. The summed E-state index contributed by atoms with van der Waals surface area (Å²) in [5.74, 6) is 0.842. The van der Waals surface area contributed by atoms with Crippen molar-refractivity contribution in [3.8, 4) is 0 Å². The molecule has 0 aliphatic carbocycles. The van der Waals surface area contributed by atoms with Crippen LogP contribution in [0.15, 0.2) is 12.2 Å². The van der Waals surface area contributed by atoms with Crippen molar-refractivity contribution in [2.75, 3.05) is 0 Å². The first kappa shape index (κ1) is 18.7. The molecular formula is C18H36O. The molecule has 0 aliphatic heterocycles. The van der Waals surface area contributed by atoms with Crippen LogP contribution in [0.3, 0.4) is 0 Å². The highest BCUT2D eigenvalue weighted by atomic mass is 16.3. The lowest BCUT2D eigenvalue weighted by Crippen LogP contribution is -2.04. The van der Waals surface area contributed by atoms with Gasteiger partial charge in [-0.25, -0.2) is 0 Å². The third-order valence-corrected chi connectivity index (χ3v) is 3.79. The second-order valence-electron chi connectivity index (χ2n) is 6.04. The zero-order valence-electron chi connectivity index (χ0n) is 13.5. The highest BCUT2D eigenvalue weighted by Crippen LogP contribution is 2.14. The van der Waals surface area contributed by atoms with Gasteiger partial charge in [0.25, 0.3) is 0 Å². The Balaban J connectivity index is 3.33. The van der Waals surface area contributed by atoms with Gasteiger partial charge in [-0.1, -0.05) is 71.4 Å². The van der Waals surface area contributed by atoms with Crippen molar-refractivity contribution in [3.05, 3.63) is 12.2 Å². The number of allylic oxidation sites excluding steroid dienone is 2. The van der Waals surface area contributed by atoms with Crippen LogP contribution in [0.5, 0.6) is 0 Å². The number of hydrogen-bond donors (Lipinski definition) is 1. The summed E-state index contributed by atoms with van der Waals surface area (Å²) < 4.78 is 0. The average molecular weight is 268 g/mol. The molecular weight excluding hydrogens is 232 g/mol. The van der Waals surface area contributed by atoms with Crippen LogP contribution in [-0.2, 0) is 0 Å². The van der Waals surface area contributed by atoms with E-state index >= 15 is 0 Å². The molecule has 0 saturated carbocycles. The molecule has 0 fully saturated rings. The van der Waals surface area contributed by atoms with Gasteiger partial charge in [-0.3, -0.25) is 0 Å². The maximum Gasteiger partial charge on any atom is 0.0540 e. The maximum absolute atomic E-state index is 9.61. The molecule has 19 heavy (non-hydrogen) atoms. The highest BCUT2D eigenvalue weighted by molar-refractivity contribution is 4.83. The van der Waals surface area contributed by atoms with E-state index in [2.05, 4.69) is 32.9 Å². The van der Waals surface area contributed by atoms with E-state index in [1.807, 2.05) is 0 Å². The third-order valence-electron chi connectivity index (χ3n) is 3.79. The van der Waals surface area contributed by atoms with Gasteiger partial charge < -0.3 is 5.11 Å². The van der Waals surface area contributed by atoms with Gasteiger partial charge in [-0.15, -0.1) is 0 Å². The zero-order valence-corrected chi connectivity index (χ0v) is 13.5. The quantitative estimate of drug-likeness (QED) is 0.327. The molecule has 0 spiro atoms. The van der Waals surface area contributed by atoms with Crippen LogP contribution in [0.4, 0.5) is 0 Å². The van der Waals surface area contributed by atoms with Crippen LogP contribution in [0, 0.1) is 5.92 Å². The number of unbranched alkanes of at least 4 members (excludes halogenated alkanes) is 4. The lowest BCUT2D eigenvalue weighted by atomic mass is 9.99. The molecule has 0 rings (SSSR count). The number of aliphatic hydroxyl groups is 1. The van der Waals surface area contributed by atoms with Gasteiger partial charge in [0.05, 0.1) is 6.10 Å². The fourth-order valence-electron chi connectivity index (χ4n) is 2.43. The van der Waals surface area contributed by atoms with Gasteiger partial charge in [-0.2, -0.15) is 0 Å². The van der Waals surface area contributed by atoms with Crippen LogP contribution >= 0.6 is 0 Å². The Morgan fingerprint density at radius 2 is 1.58 bits per heavy atom. The number of hydrogen-bond acceptors (Lipinski definition) is 1. The van der Waals surface area contributed by atoms with Gasteiger partial charge in [0, 0.05) is 0 Å². The Morgan fingerprint density at radius 3 is 2.26 bits per heavy atom. The minimum Gasteiger partial charge on any atom is -0.393 e. The summed E-state index contributed by atoms with van der Waals surface area (Å²) in [6.07, 6.45) is 18.0. The summed E-state index contributed by atoms with van der Waals surface area (Å²) in [4.78, 5) is 0. The third kappa shape index (κ3) is 13.9. The van der Waals surface area contributed by atoms with Crippen molar-refractivity contribution in [2.45, 2.75) is 97.5 Å². The van der Waals surface area contributed by atoms with Crippen molar-refractivity contribution >= 4 is 0 Å². The first-order valence-electron chi connectivity index (χ1n) is 8.53. The Bertz CT molecular complexity index is 198. The van der Waals surface area contributed by atoms with Crippen molar-refractivity contribution in [1.29, 1.82) is 0 Å². The molecule has 0 aromatic carbocycles. The molecule has 2 unspecified atom stereocenters. The van der Waals surface area contributed by atoms with Crippen molar-refractivity contribution in [2.24, 2.45) is 5.92 Å². The molecule has 1 heteroatoms. The summed E-state index contributed by atoms with van der Waals surface area (Å²) in [6.45, 7) is 6.76. The Kier molecular flexibility index (Phi) is 13.9. The number of aliphatic hydroxyl groups excluding tert-OH is 1.